The van der Waals surface area contributed by atoms with Crippen molar-refractivity contribution in [3.63, 3.8) is 0 Å². The number of carbonyl (C=O) groups excluding carboxylic acids is 2. The minimum atomic E-state index is -0.928. The number of hydrogen-bond donors (Lipinski definition) is 1. The molecule has 0 aliphatic heterocycles. The third-order valence-electron chi connectivity index (χ3n) is 7.19. The lowest BCUT2D eigenvalue weighted by molar-refractivity contribution is -0.163. The Hall–Kier alpha value is -3.23. The van der Waals surface area contributed by atoms with Crippen LogP contribution in [0.15, 0.2) is 35.1 Å². The molecule has 0 radical (unpaired) electrons. The van der Waals surface area contributed by atoms with Gasteiger partial charge in [0.15, 0.2) is 5.72 Å². The average Bonchev–Trinajstić information content (AvgIpc) is 3.11. The number of benzene rings is 1. The number of imidazole rings is 1. The fraction of sp³-hybridized carbons (Fsp3) is 0.621. The zero-order chi connectivity index (χ0) is 27.5. The molecule has 1 aliphatic rings. The van der Waals surface area contributed by atoms with Crippen molar-refractivity contribution in [2.24, 2.45) is 0 Å². The largest absolute Gasteiger partial charge is 0.493 e. The molecule has 1 aromatic heterocycles. The van der Waals surface area contributed by atoms with Gasteiger partial charge in [-0.3, -0.25) is 19.2 Å². The first-order valence-corrected chi connectivity index (χ1v) is 14.0. The van der Waals surface area contributed by atoms with Crippen molar-refractivity contribution in [1.82, 2.24) is 9.24 Å². The van der Waals surface area contributed by atoms with Gasteiger partial charge in [0.25, 0.3) is 0 Å². The van der Waals surface area contributed by atoms with E-state index in [1.807, 2.05) is 42.3 Å². The van der Waals surface area contributed by atoms with Crippen molar-refractivity contribution in [2.45, 2.75) is 104 Å². The van der Waals surface area contributed by atoms with Crippen LogP contribution in [0, 0.1) is 0 Å². The topological polar surface area (TPSA) is 103 Å². The third kappa shape index (κ3) is 7.20. The summed E-state index contributed by atoms with van der Waals surface area (Å²) in [6.45, 7) is 6.21. The van der Waals surface area contributed by atoms with Crippen LogP contribution in [0.25, 0.3) is 0 Å². The second-order valence-electron chi connectivity index (χ2n) is 9.97. The van der Waals surface area contributed by atoms with Crippen molar-refractivity contribution in [1.29, 1.82) is 0 Å². The summed E-state index contributed by atoms with van der Waals surface area (Å²) in [5, 5.41) is 13.2. The summed E-state index contributed by atoms with van der Waals surface area (Å²) < 4.78 is 13.9. The van der Waals surface area contributed by atoms with Gasteiger partial charge in [-0.05, 0) is 51.5 Å². The Kier molecular flexibility index (Phi) is 10.9. The van der Waals surface area contributed by atoms with Crippen LogP contribution in [-0.4, -0.2) is 45.2 Å². The number of aromatic hydroxyl groups is 1. The van der Waals surface area contributed by atoms with Crippen molar-refractivity contribution in [3.8, 4) is 5.88 Å². The van der Waals surface area contributed by atoms with Crippen LogP contribution < -0.4 is 10.7 Å². The van der Waals surface area contributed by atoms with Crippen molar-refractivity contribution < 1.29 is 24.2 Å². The van der Waals surface area contributed by atoms with E-state index in [0.717, 1.165) is 50.5 Å². The first-order valence-electron chi connectivity index (χ1n) is 14.0. The van der Waals surface area contributed by atoms with Crippen LogP contribution in [0.5, 0.6) is 5.88 Å². The summed E-state index contributed by atoms with van der Waals surface area (Å²) >= 11 is 0. The summed E-state index contributed by atoms with van der Waals surface area (Å²) in [4.78, 5) is 37.7. The van der Waals surface area contributed by atoms with E-state index in [1.165, 1.54) is 11.5 Å². The van der Waals surface area contributed by atoms with Crippen molar-refractivity contribution >= 4 is 11.9 Å². The van der Waals surface area contributed by atoms with E-state index < -0.39 is 5.72 Å². The van der Waals surface area contributed by atoms with Crippen LogP contribution in [-0.2, 0) is 32.0 Å². The van der Waals surface area contributed by atoms with E-state index in [0.29, 0.717) is 44.5 Å². The van der Waals surface area contributed by atoms with Crippen LogP contribution in [0.1, 0.15) is 96.2 Å². The molecule has 1 heterocycles. The maximum Gasteiger partial charge on any atom is 0.350 e. The summed E-state index contributed by atoms with van der Waals surface area (Å²) in [7, 11) is 0. The Morgan fingerprint density at radius 2 is 1.71 bits per heavy atom. The third-order valence-corrected chi connectivity index (χ3v) is 7.19. The highest BCUT2D eigenvalue weighted by molar-refractivity contribution is 5.69. The Bertz CT molecular complexity index is 1100. The van der Waals surface area contributed by atoms with E-state index in [2.05, 4.69) is 0 Å². The predicted molar refractivity (Wildman–Crippen MR) is 146 cm³/mol. The molecule has 38 heavy (non-hydrogen) atoms. The van der Waals surface area contributed by atoms with Gasteiger partial charge in [-0.2, -0.15) is 0 Å². The van der Waals surface area contributed by atoms with Crippen LogP contribution in [0.2, 0.25) is 0 Å². The predicted octanol–water partition coefficient (Wildman–Crippen LogP) is 4.64. The molecule has 2 aromatic rings. The molecule has 0 bridgehead atoms. The van der Waals surface area contributed by atoms with E-state index in [-0.39, 0.29) is 30.1 Å². The minimum Gasteiger partial charge on any atom is -0.493 e. The van der Waals surface area contributed by atoms with Crippen molar-refractivity contribution in [2.75, 3.05) is 18.2 Å². The SMILES string of the molecule is CCOC(=O)CCCCCCc1c(O)n(Cc2ccccc2)c(=O)n1N(CC)C1(OC(C)=O)CCCCC1. The normalized spacial score (nSPS) is 14.7. The number of esters is 2. The number of ether oxygens (including phenoxy) is 2. The lowest BCUT2D eigenvalue weighted by atomic mass is 9.91. The fourth-order valence-electron chi connectivity index (χ4n) is 5.49. The number of rotatable bonds is 14. The van der Waals surface area contributed by atoms with E-state index >= 15 is 0 Å². The monoisotopic (exact) mass is 529 g/mol. The summed E-state index contributed by atoms with van der Waals surface area (Å²) in [6.07, 6.45) is 8.15. The van der Waals surface area contributed by atoms with Gasteiger partial charge in [0.2, 0.25) is 5.88 Å². The number of carbonyl (C=O) groups is 2. The molecule has 9 heteroatoms. The molecule has 0 spiro atoms. The van der Waals surface area contributed by atoms with Gasteiger partial charge in [0.05, 0.1) is 13.2 Å². The average molecular weight is 530 g/mol. The highest BCUT2D eigenvalue weighted by atomic mass is 16.6. The smallest absolute Gasteiger partial charge is 0.350 e. The Morgan fingerprint density at radius 1 is 1.03 bits per heavy atom. The molecular formula is C29H43N3O6. The zero-order valence-electron chi connectivity index (χ0n) is 23.1. The van der Waals surface area contributed by atoms with Crippen LogP contribution in [0.3, 0.4) is 0 Å². The van der Waals surface area contributed by atoms with E-state index in [1.54, 1.807) is 11.6 Å². The van der Waals surface area contributed by atoms with E-state index in [9.17, 15) is 19.5 Å². The Morgan fingerprint density at radius 3 is 2.34 bits per heavy atom. The van der Waals surface area contributed by atoms with Gasteiger partial charge in [-0.15, -0.1) is 0 Å². The number of aromatic nitrogens is 2. The molecule has 1 fully saturated rings. The zero-order valence-corrected chi connectivity index (χ0v) is 23.1. The number of hydrogen-bond acceptors (Lipinski definition) is 7. The molecule has 1 N–H and O–H groups in total. The highest BCUT2D eigenvalue weighted by Crippen LogP contribution is 2.35. The standard InChI is InChI=1S/C29H43N3O6/c1-4-31(29(38-23(3)33)20-14-9-15-21-29)32-25(18-12-6-7-13-19-26(34)37-5-2)27(35)30(28(32)36)22-24-16-10-8-11-17-24/h8,10-11,16-17,35H,4-7,9,12-15,18-22H2,1-3H3. The molecule has 9 nitrogen and oxygen atoms in total. The molecule has 0 unspecified atom stereocenters. The van der Waals surface area contributed by atoms with E-state index in [4.69, 9.17) is 9.47 Å². The second kappa shape index (κ2) is 14.1. The van der Waals surface area contributed by atoms with Gasteiger partial charge in [0, 0.05) is 32.7 Å². The molecule has 210 valence electrons. The summed E-state index contributed by atoms with van der Waals surface area (Å²) in [6, 6.07) is 9.57. The van der Waals surface area contributed by atoms with Gasteiger partial charge < -0.3 is 14.6 Å². The molecule has 0 atom stereocenters. The first-order chi connectivity index (χ1) is 18.3. The lowest BCUT2D eigenvalue weighted by Gasteiger charge is -2.46. The summed E-state index contributed by atoms with van der Waals surface area (Å²) in [5.41, 5.74) is 0.156. The van der Waals surface area contributed by atoms with Gasteiger partial charge >= 0.3 is 17.6 Å². The molecular weight excluding hydrogens is 486 g/mol. The van der Waals surface area contributed by atoms with Crippen LogP contribution in [0.4, 0.5) is 0 Å². The molecule has 1 aromatic carbocycles. The first kappa shape index (κ1) is 29.3. The maximum atomic E-state index is 13.9. The lowest BCUT2D eigenvalue weighted by Crippen LogP contribution is -2.61. The maximum absolute atomic E-state index is 13.9. The molecule has 0 saturated heterocycles. The Balaban J connectivity index is 1.91. The summed E-state index contributed by atoms with van der Waals surface area (Å²) in [5.74, 6) is -0.620. The van der Waals surface area contributed by atoms with Crippen molar-refractivity contribution in [3.05, 3.63) is 52.1 Å². The quantitative estimate of drug-likeness (QED) is 0.216. The molecule has 1 aliphatic carbocycles. The van der Waals surface area contributed by atoms with Gasteiger partial charge in [0.1, 0.15) is 5.69 Å². The molecule has 0 amide bonds. The van der Waals surface area contributed by atoms with Crippen LogP contribution >= 0.6 is 0 Å². The highest BCUT2D eigenvalue weighted by Gasteiger charge is 2.43. The fourth-order valence-corrected chi connectivity index (χ4v) is 5.49. The Labute approximate surface area is 225 Å². The molecule has 1 saturated carbocycles. The van der Waals surface area contributed by atoms with Gasteiger partial charge in [-0.1, -0.05) is 49.6 Å². The second-order valence-corrected chi connectivity index (χ2v) is 9.97. The number of nitrogens with zero attached hydrogens (tertiary/aromatic N) is 3. The minimum absolute atomic E-state index is 0.0578. The molecule has 3 rings (SSSR count). The number of unbranched alkanes of at least 4 members (excludes halogenated alkanes) is 3. The van der Waals surface area contributed by atoms with Gasteiger partial charge in [-0.25, -0.2) is 9.47 Å².